The SMILES string of the molecule is CC(=O)C(CC1CCC(F)(F)CC1)c1ccc(Cl)cc1. The monoisotopic (exact) mass is 300 g/mol. The number of rotatable bonds is 4. The molecule has 0 bridgehead atoms. The van der Waals surface area contributed by atoms with Crippen molar-refractivity contribution in [2.24, 2.45) is 5.92 Å². The lowest BCUT2D eigenvalue weighted by molar-refractivity contribution is -0.119. The highest BCUT2D eigenvalue weighted by molar-refractivity contribution is 6.30. The fourth-order valence-electron chi connectivity index (χ4n) is 2.90. The van der Waals surface area contributed by atoms with E-state index in [1.54, 1.807) is 19.1 Å². The lowest BCUT2D eigenvalue weighted by atomic mass is 9.78. The van der Waals surface area contributed by atoms with E-state index in [0.717, 1.165) is 5.56 Å². The van der Waals surface area contributed by atoms with Crippen LogP contribution in [0.15, 0.2) is 24.3 Å². The van der Waals surface area contributed by atoms with Crippen LogP contribution in [0.3, 0.4) is 0 Å². The maximum atomic E-state index is 13.2. The zero-order chi connectivity index (χ0) is 14.8. The van der Waals surface area contributed by atoms with Crippen molar-refractivity contribution in [3.05, 3.63) is 34.9 Å². The Morgan fingerprint density at radius 1 is 1.30 bits per heavy atom. The van der Waals surface area contributed by atoms with Gasteiger partial charge in [-0.15, -0.1) is 0 Å². The van der Waals surface area contributed by atoms with E-state index >= 15 is 0 Å². The molecule has 0 saturated heterocycles. The molecule has 0 spiro atoms. The fraction of sp³-hybridized carbons (Fsp3) is 0.562. The third kappa shape index (κ3) is 4.02. The number of carbonyl (C=O) groups is 1. The minimum atomic E-state index is -2.51. The number of Topliss-reactive ketones (excluding diaryl/α,β-unsaturated/α-hetero) is 1. The van der Waals surface area contributed by atoms with Crippen molar-refractivity contribution < 1.29 is 13.6 Å². The smallest absolute Gasteiger partial charge is 0.248 e. The molecule has 0 N–H and O–H groups in total. The Labute approximate surface area is 123 Å². The van der Waals surface area contributed by atoms with Gasteiger partial charge < -0.3 is 0 Å². The van der Waals surface area contributed by atoms with E-state index < -0.39 is 5.92 Å². The molecule has 0 heterocycles. The van der Waals surface area contributed by atoms with E-state index in [9.17, 15) is 13.6 Å². The highest BCUT2D eigenvalue weighted by atomic mass is 35.5. The topological polar surface area (TPSA) is 17.1 Å². The Bertz CT molecular complexity index is 460. The van der Waals surface area contributed by atoms with Crippen LogP contribution < -0.4 is 0 Å². The van der Waals surface area contributed by atoms with Gasteiger partial charge in [0, 0.05) is 23.8 Å². The van der Waals surface area contributed by atoms with Gasteiger partial charge in [-0.25, -0.2) is 8.78 Å². The van der Waals surface area contributed by atoms with Crippen LogP contribution in [-0.2, 0) is 4.79 Å². The molecule has 4 heteroatoms. The molecule has 1 atom stereocenters. The molecule has 1 saturated carbocycles. The summed E-state index contributed by atoms with van der Waals surface area (Å²) in [6.07, 6.45) is 1.56. The molecule has 0 amide bonds. The molecule has 0 aliphatic heterocycles. The summed E-state index contributed by atoms with van der Waals surface area (Å²) in [7, 11) is 0. The lowest BCUT2D eigenvalue weighted by Gasteiger charge is -2.30. The molecule has 2 rings (SSSR count). The molecule has 1 unspecified atom stereocenters. The van der Waals surface area contributed by atoms with Crippen LogP contribution >= 0.6 is 11.6 Å². The minimum absolute atomic E-state index is 0.0527. The number of carbonyl (C=O) groups excluding carboxylic acids is 1. The van der Waals surface area contributed by atoms with Gasteiger partial charge in [0.2, 0.25) is 5.92 Å². The van der Waals surface area contributed by atoms with Gasteiger partial charge in [-0.05, 0) is 49.8 Å². The summed E-state index contributed by atoms with van der Waals surface area (Å²) in [5.74, 6) is -2.42. The molecule has 1 fully saturated rings. The van der Waals surface area contributed by atoms with Crippen LogP contribution in [0.1, 0.15) is 50.5 Å². The maximum Gasteiger partial charge on any atom is 0.248 e. The predicted molar refractivity (Wildman–Crippen MR) is 76.4 cm³/mol. The van der Waals surface area contributed by atoms with Crippen molar-refractivity contribution in [1.29, 1.82) is 0 Å². The molecule has 0 aromatic heterocycles. The first-order valence-electron chi connectivity index (χ1n) is 7.01. The van der Waals surface area contributed by atoms with Crippen molar-refractivity contribution >= 4 is 17.4 Å². The van der Waals surface area contributed by atoms with Crippen LogP contribution in [0, 0.1) is 5.92 Å². The average Bonchev–Trinajstić information content (AvgIpc) is 2.38. The molecule has 1 aliphatic carbocycles. The third-order valence-electron chi connectivity index (χ3n) is 4.17. The number of ketones is 1. The standard InChI is InChI=1S/C16H19ClF2O/c1-11(20)15(13-2-4-14(17)5-3-13)10-12-6-8-16(18,19)9-7-12/h2-5,12,15H,6-10H2,1H3. The molecule has 1 nitrogen and oxygen atoms in total. The maximum absolute atomic E-state index is 13.2. The second-order valence-electron chi connectivity index (χ2n) is 5.75. The van der Waals surface area contributed by atoms with E-state index in [1.807, 2.05) is 12.1 Å². The molecule has 1 aliphatic rings. The van der Waals surface area contributed by atoms with Gasteiger partial charge in [0.1, 0.15) is 5.78 Å². The Kier molecular flexibility index (Phi) is 4.79. The summed E-state index contributed by atoms with van der Waals surface area (Å²) < 4.78 is 26.3. The summed E-state index contributed by atoms with van der Waals surface area (Å²) in [6.45, 7) is 1.57. The van der Waals surface area contributed by atoms with Crippen LogP contribution in [0.2, 0.25) is 5.02 Å². The number of halogens is 3. The van der Waals surface area contributed by atoms with Gasteiger partial charge in [-0.1, -0.05) is 23.7 Å². The van der Waals surface area contributed by atoms with E-state index in [0.29, 0.717) is 24.3 Å². The quantitative estimate of drug-likeness (QED) is 0.744. The van der Waals surface area contributed by atoms with Gasteiger partial charge in [0.25, 0.3) is 0 Å². The second-order valence-corrected chi connectivity index (χ2v) is 6.19. The summed E-state index contributed by atoms with van der Waals surface area (Å²) >= 11 is 5.85. The van der Waals surface area contributed by atoms with Gasteiger partial charge in [-0.2, -0.15) is 0 Å². The largest absolute Gasteiger partial charge is 0.299 e. The van der Waals surface area contributed by atoms with Crippen LogP contribution in [0.4, 0.5) is 8.78 Å². The minimum Gasteiger partial charge on any atom is -0.299 e. The van der Waals surface area contributed by atoms with Crippen molar-refractivity contribution in [1.82, 2.24) is 0 Å². The molecule has 1 aromatic carbocycles. The normalized spacial score (nSPS) is 20.6. The first-order chi connectivity index (χ1) is 9.37. The Morgan fingerprint density at radius 3 is 2.35 bits per heavy atom. The van der Waals surface area contributed by atoms with Gasteiger partial charge >= 0.3 is 0 Å². The molecule has 110 valence electrons. The summed E-state index contributed by atoms with van der Waals surface area (Å²) in [4.78, 5) is 11.8. The van der Waals surface area contributed by atoms with E-state index in [4.69, 9.17) is 11.6 Å². The average molecular weight is 301 g/mol. The van der Waals surface area contributed by atoms with E-state index in [1.165, 1.54) is 0 Å². The van der Waals surface area contributed by atoms with Crippen LogP contribution in [0.5, 0.6) is 0 Å². The summed E-state index contributed by atoms with van der Waals surface area (Å²) in [5, 5.41) is 0.633. The summed E-state index contributed by atoms with van der Waals surface area (Å²) in [5.41, 5.74) is 0.930. The molecule has 1 aromatic rings. The van der Waals surface area contributed by atoms with Crippen molar-refractivity contribution in [3.63, 3.8) is 0 Å². The molecule has 20 heavy (non-hydrogen) atoms. The Balaban J connectivity index is 2.04. The van der Waals surface area contributed by atoms with Crippen LogP contribution in [0.25, 0.3) is 0 Å². The Hall–Kier alpha value is -0.960. The van der Waals surface area contributed by atoms with Crippen LogP contribution in [-0.4, -0.2) is 11.7 Å². The van der Waals surface area contributed by atoms with Crippen molar-refractivity contribution in [2.45, 2.75) is 50.9 Å². The lowest BCUT2D eigenvalue weighted by Crippen LogP contribution is -2.26. The van der Waals surface area contributed by atoms with Crippen molar-refractivity contribution in [2.75, 3.05) is 0 Å². The zero-order valence-electron chi connectivity index (χ0n) is 11.5. The van der Waals surface area contributed by atoms with E-state index in [-0.39, 0.29) is 30.5 Å². The first-order valence-corrected chi connectivity index (χ1v) is 7.39. The first kappa shape index (κ1) is 15.4. The third-order valence-corrected chi connectivity index (χ3v) is 4.42. The van der Waals surface area contributed by atoms with Gasteiger partial charge in [-0.3, -0.25) is 4.79 Å². The molecular formula is C16H19ClF2O. The second kappa shape index (κ2) is 6.21. The molecule has 0 radical (unpaired) electrons. The highest BCUT2D eigenvalue weighted by Crippen LogP contribution is 2.40. The number of hydrogen-bond acceptors (Lipinski definition) is 1. The predicted octanol–water partition coefficient (Wildman–Crippen LogP) is 5.23. The number of hydrogen-bond donors (Lipinski definition) is 0. The zero-order valence-corrected chi connectivity index (χ0v) is 12.3. The Morgan fingerprint density at radius 2 is 1.85 bits per heavy atom. The number of benzene rings is 1. The van der Waals surface area contributed by atoms with E-state index in [2.05, 4.69) is 0 Å². The summed E-state index contributed by atoms with van der Waals surface area (Å²) in [6, 6.07) is 7.24. The van der Waals surface area contributed by atoms with Gasteiger partial charge in [0.05, 0.1) is 0 Å². The van der Waals surface area contributed by atoms with Crippen molar-refractivity contribution in [3.8, 4) is 0 Å². The molecular weight excluding hydrogens is 282 g/mol. The highest BCUT2D eigenvalue weighted by Gasteiger charge is 2.36. The number of alkyl halides is 2. The van der Waals surface area contributed by atoms with Gasteiger partial charge in [0.15, 0.2) is 0 Å². The fourth-order valence-corrected chi connectivity index (χ4v) is 3.03.